The molecule has 1 fully saturated rings. The van der Waals surface area contributed by atoms with Crippen LogP contribution in [0.5, 0.6) is 0 Å². The average Bonchev–Trinajstić information content (AvgIpc) is 1.90. The molecule has 46 valence electrons. The van der Waals surface area contributed by atoms with Crippen LogP contribution in [0.2, 0.25) is 6.32 Å². The Labute approximate surface area is 60.1 Å². The highest BCUT2D eigenvalue weighted by Crippen LogP contribution is 2.28. The summed E-state index contributed by atoms with van der Waals surface area (Å²) in [6, 6.07) is 0. The van der Waals surface area contributed by atoms with Gasteiger partial charge >= 0.3 is 0 Å². The molecule has 1 heterocycles. The van der Waals surface area contributed by atoms with Gasteiger partial charge in [0.2, 0.25) is 0 Å². The molecule has 0 aromatic rings. The van der Waals surface area contributed by atoms with E-state index in [1.165, 1.54) is 24.2 Å². The molecule has 0 radical (unpaired) electrons. The van der Waals surface area contributed by atoms with Gasteiger partial charge in [-0.15, -0.1) is 0 Å². The maximum atomic E-state index is 2.27. The quantitative estimate of drug-likeness (QED) is 0.521. The van der Waals surface area contributed by atoms with Crippen molar-refractivity contribution in [2.75, 3.05) is 11.5 Å². The van der Waals surface area contributed by atoms with Crippen molar-refractivity contribution in [3.8, 4) is 0 Å². The molecule has 0 aromatic heterocycles. The van der Waals surface area contributed by atoms with Crippen LogP contribution in [0.1, 0.15) is 13.3 Å². The minimum absolute atomic E-state index is 0.920. The molecule has 1 saturated heterocycles. The van der Waals surface area contributed by atoms with E-state index in [9.17, 15) is 0 Å². The molecular weight excluding hydrogens is 135 g/mol. The van der Waals surface area contributed by atoms with Gasteiger partial charge in [0.1, 0.15) is 0 Å². The Morgan fingerprint density at radius 1 is 1.38 bits per heavy atom. The van der Waals surface area contributed by atoms with Crippen LogP contribution in [-0.2, 0) is 0 Å². The molecule has 0 aliphatic carbocycles. The highest BCUT2D eigenvalue weighted by atomic mass is 32.2. The molecule has 0 aromatic carbocycles. The van der Waals surface area contributed by atoms with E-state index in [0.717, 1.165) is 5.27 Å². The Morgan fingerprint density at radius 2 is 2.00 bits per heavy atom. The van der Waals surface area contributed by atoms with Crippen LogP contribution in [-0.4, -0.2) is 16.8 Å². The van der Waals surface area contributed by atoms with E-state index in [-0.39, 0.29) is 0 Å². The van der Waals surface area contributed by atoms with Gasteiger partial charge < -0.3 is 0 Å². The van der Waals surface area contributed by atoms with Crippen LogP contribution in [0.4, 0.5) is 0 Å². The van der Waals surface area contributed by atoms with Gasteiger partial charge in [0.15, 0.2) is 0 Å². The summed E-state index contributed by atoms with van der Waals surface area (Å²) in [6.07, 6.45) is 2.77. The molecule has 0 amide bonds. The fourth-order valence-electron chi connectivity index (χ4n) is 0.772. The van der Waals surface area contributed by atoms with Gasteiger partial charge in [-0.05, 0) is 17.9 Å². The third-order valence-corrected chi connectivity index (χ3v) is 4.50. The summed E-state index contributed by atoms with van der Waals surface area (Å²) in [6.45, 7) is 2.27. The zero-order valence-corrected chi connectivity index (χ0v) is 6.86. The third kappa shape index (κ3) is 1.94. The summed E-state index contributed by atoms with van der Waals surface area (Å²) in [5.74, 6) is 2.79. The van der Waals surface area contributed by atoms with Gasteiger partial charge in [-0.3, -0.25) is 0 Å². The normalized spacial score (nSPS) is 21.4. The van der Waals surface area contributed by atoms with Crippen molar-refractivity contribution in [3.05, 3.63) is 0 Å². The van der Waals surface area contributed by atoms with Crippen molar-refractivity contribution in [3.63, 3.8) is 0 Å². The van der Waals surface area contributed by atoms with Gasteiger partial charge in [0.05, 0.1) is 0 Å². The largest absolute Gasteiger partial charge is 0.273 e. The topological polar surface area (TPSA) is 0 Å². The highest BCUT2D eigenvalue weighted by molar-refractivity contribution is 8.54. The lowest BCUT2D eigenvalue weighted by Crippen LogP contribution is -2.08. The summed E-state index contributed by atoms with van der Waals surface area (Å²) in [7, 11) is 0. The second-order valence-corrected chi connectivity index (χ2v) is 4.85. The summed E-state index contributed by atoms with van der Waals surface area (Å²) in [5, 5.41) is 0.920. The minimum atomic E-state index is 0.920. The average molecular weight is 146 g/mol. The van der Waals surface area contributed by atoms with Crippen LogP contribution in [0.15, 0.2) is 0 Å². The molecule has 3 heteroatoms. The lowest BCUT2D eigenvalue weighted by Gasteiger charge is -2.15. The summed E-state index contributed by atoms with van der Waals surface area (Å²) >= 11 is 4.25. The van der Waals surface area contributed by atoms with E-state index in [1.54, 1.807) is 0 Å². The number of hydrogen-bond acceptors (Lipinski definition) is 2. The molecule has 1 rings (SSSR count). The fourth-order valence-corrected chi connectivity index (χ4v) is 3.54. The molecular formula is C5H11BS2. The van der Waals surface area contributed by atoms with Gasteiger partial charge in [-0.2, -0.15) is 23.2 Å². The smallest absolute Gasteiger partial charge is 0.195 e. The SMILES string of the molecule is CCB1SCCCS1. The lowest BCUT2D eigenvalue weighted by molar-refractivity contribution is 1.13. The van der Waals surface area contributed by atoms with Gasteiger partial charge in [-0.1, -0.05) is 13.2 Å². The van der Waals surface area contributed by atoms with Crippen molar-refractivity contribution >= 4 is 28.5 Å². The molecule has 1 aliphatic rings. The Morgan fingerprint density at radius 3 is 2.38 bits per heavy atom. The van der Waals surface area contributed by atoms with Crippen molar-refractivity contribution in [1.82, 2.24) is 0 Å². The first-order chi connectivity index (χ1) is 3.93. The van der Waals surface area contributed by atoms with Crippen LogP contribution in [0.25, 0.3) is 0 Å². The highest BCUT2D eigenvalue weighted by Gasteiger charge is 2.15. The second kappa shape index (κ2) is 3.73. The second-order valence-electron chi connectivity index (χ2n) is 1.93. The summed E-state index contributed by atoms with van der Waals surface area (Å²) in [5.41, 5.74) is 0. The zero-order valence-electron chi connectivity index (χ0n) is 5.22. The molecule has 1 aliphatic heterocycles. The van der Waals surface area contributed by atoms with E-state index >= 15 is 0 Å². The zero-order chi connectivity index (χ0) is 5.82. The molecule has 0 nitrogen and oxygen atoms in total. The fraction of sp³-hybridized carbons (Fsp3) is 1.00. The Hall–Kier alpha value is 0.765. The van der Waals surface area contributed by atoms with Crippen LogP contribution in [0, 0.1) is 0 Å². The van der Waals surface area contributed by atoms with E-state index < -0.39 is 0 Å². The van der Waals surface area contributed by atoms with Crippen molar-refractivity contribution < 1.29 is 0 Å². The van der Waals surface area contributed by atoms with Crippen LogP contribution < -0.4 is 0 Å². The van der Waals surface area contributed by atoms with Crippen LogP contribution in [0.3, 0.4) is 0 Å². The molecule has 0 atom stereocenters. The monoisotopic (exact) mass is 146 g/mol. The third-order valence-electron chi connectivity index (χ3n) is 1.23. The maximum absolute atomic E-state index is 2.27. The van der Waals surface area contributed by atoms with Crippen molar-refractivity contribution in [2.45, 2.75) is 19.7 Å². The van der Waals surface area contributed by atoms with E-state index in [2.05, 4.69) is 30.1 Å². The molecule has 0 bridgehead atoms. The van der Waals surface area contributed by atoms with Crippen LogP contribution >= 0.6 is 23.2 Å². The Balaban J connectivity index is 2.13. The first kappa shape index (κ1) is 6.88. The first-order valence-corrected chi connectivity index (χ1v) is 5.26. The van der Waals surface area contributed by atoms with E-state index in [0.29, 0.717) is 0 Å². The number of rotatable bonds is 1. The van der Waals surface area contributed by atoms with Gasteiger partial charge in [0.25, 0.3) is 5.27 Å². The predicted octanol–water partition coefficient (Wildman–Crippen LogP) is 2.36. The standard InChI is InChI=1S/C5H11BS2/c1-2-6-7-4-3-5-8-6/h2-5H2,1H3. The van der Waals surface area contributed by atoms with Crippen molar-refractivity contribution in [2.24, 2.45) is 0 Å². The molecule has 0 saturated carbocycles. The maximum Gasteiger partial charge on any atom is 0.273 e. The van der Waals surface area contributed by atoms with E-state index in [1.807, 2.05) is 0 Å². The first-order valence-electron chi connectivity index (χ1n) is 3.16. The molecule has 0 N–H and O–H groups in total. The van der Waals surface area contributed by atoms with E-state index in [4.69, 9.17) is 0 Å². The Kier molecular flexibility index (Phi) is 3.20. The predicted molar refractivity (Wildman–Crippen MR) is 45.8 cm³/mol. The number of hydrogen-bond donors (Lipinski definition) is 0. The lowest BCUT2D eigenvalue weighted by atomic mass is 10.0. The van der Waals surface area contributed by atoms with Gasteiger partial charge in [-0.25, -0.2) is 0 Å². The summed E-state index contributed by atoms with van der Waals surface area (Å²) < 4.78 is 0. The molecule has 0 spiro atoms. The molecule has 0 unspecified atom stereocenters. The minimum Gasteiger partial charge on any atom is -0.195 e. The Bertz CT molecular complexity index is 61.4. The van der Waals surface area contributed by atoms with Crippen molar-refractivity contribution in [1.29, 1.82) is 0 Å². The van der Waals surface area contributed by atoms with Gasteiger partial charge in [0, 0.05) is 0 Å². The molecule has 8 heavy (non-hydrogen) atoms. The summed E-state index contributed by atoms with van der Waals surface area (Å²) in [4.78, 5) is 0.